The summed E-state index contributed by atoms with van der Waals surface area (Å²) in [4.78, 5) is 15.0. The summed E-state index contributed by atoms with van der Waals surface area (Å²) in [5.74, 6) is 0.0169. The SMILES string of the molecule is CNCCC(=O)Nc1ccc(Oc2cccc(C(F)(F)F)n2)cc1. The highest BCUT2D eigenvalue weighted by Gasteiger charge is 2.32. The van der Waals surface area contributed by atoms with E-state index in [1.807, 2.05) is 0 Å². The highest BCUT2D eigenvalue weighted by Crippen LogP contribution is 2.30. The zero-order valence-electron chi connectivity index (χ0n) is 12.9. The maximum atomic E-state index is 12.6. The van der Waals surface area contributed by atoms with Gasteiger partial charge in [-0.2, -0.15) is 13.2 Å². The average Bonchev–Trinajstić information content (AvgIpc) is 2.54. The van der Waals surface area contributed by atoms with Crippen LogP contribution in [0.5, 0.6) is 11.6 Å². The Bertz CT molecular complexity index is 688. The molecular formula is C16H16F3N3O2. The van der Waals surface area contributed by atoms with Crippen molar-refractivity contribution in [2.75, 3.05) is 18.9 Å². The third kappa shape index (κ3) is 5.24. The number of hydrogen-bond donors (Lipinski definition) is 2. The van der Waals surface area contributed by atoms with Crippen molar-refractivity contribution in [1.29, 1.82) is 0 Å². The van der Waals surface area contributed by atoms with Crippen LogP contribution in [0.15, 0.2) is 42.5 Å². The summed E-state index contributed by atoms with van der Waals surface area (Å²) in [6.45, 7) is 0.564. The van der Waals surface area contributed by atoms with E-state index in [0.717, 1.165) is 6.07 Å². The number of halogens is 3. The first kappa shape index (κ1) is 17.7. The van der Waals surface area contributed by atoms with Crippen molar-refractivity contribution in [3.63, 3.8) is 0 Å². The largest absolute Gasteiger partial charge is 0.439 e. The normalized spacial score (nSPS) is 11.2. The maximum Gasteiger partial charge on any atom is 0.433 e. The molecule has 5 nitrogen and oxygen atoms in total. The number of aromatic nitrogens is 1. The lowest BCUT2D eigenvalue weighted by Crippen LogP contribution is -2.18. The number of alkyl halides is 3. The third-order valence-electron chi connectivity index (χ3n) is 2.98. The first-order chi connectivity index (χ1) is 11.4. The van der Waals surface area contributed by atoms with Gasteiger partial charge in [0.25, 0.3) is 0 Å². The fourth-order valence-electron chi connectivity index (χ4n) is 1.82. The molecule has 0 saturated carbocycles. The van der Waals surface area contributed by atoms with Crippen LogP contribution in [0.1, 0.15) is 12.1 Å². The van der Waals surface area contributed by atoms with E-state index in [0.29, 0.717) is 24.4 Å². The minimum Gasteiger partial charge on any atom is -0.439 e. The quantitative estimate of drug-likeness (QED) is 0.846. The monoisotopic (exact) mass is 339 g/mol. The van der Waals surface area contributed by atoms with Gasteiger partial charge in [0.05, 0.1) is 0 Å². The van der Waals surface area contributed by atoms with Crippen LogP contribution in [0, 0.1) is 0 Å². The van der Waals surface area contributed by atoms with E-state index in [1.54, 1.807) is 19.2 Å². The molecule has 0 unspecified atom stereocenters. The van der Waals surface area contributed by atoms with Crippen LogP contribution in [-0.4, -0.2) is 24.5 Å². The van der Waals surface area contributed by atoms with Crippen molar-refractivity contribution in [2.45, 2.75) is 12.6 Å². The van der Waals surface area contributed by atoms with Crippen LogP contribution in [0.3, 0.4) is 0 Å². The van der Waals surface area contributed by atoms with E-state index < -0.39 is 11.9 Å². The second-order valence-electron chi connectivity index (χ2n) is 4.89. The molecule has 1 heterocycles. The van der Waals surface area contributed by atoms with Crippen LogP contribution < -0.4 is 15.4 Å². The molecule has 0 spiro atoms. The van der Waals surface area contributed by atoms with Crippen molar-refractivity contribution >= 4 is 11.6 Å². The van der Waals surface area contributed by atoms with Gasteiger partial charge < -0.3 is 15.4 Å². The van der Waals surface area contributed by atoms with Gasteiger partial charge >= 0.3 is 6.18 Å². The van der Waals surface area contributed by atoms with E-state index in [2.05, 4.69) is 15.6 Å². The number of nitrogens with one attached hydrogen (secondary N) is 2. The number of benzene rings is 1. The minimum absolute atomic E-state index is 0.141. The fraction of sp³-hybridized carbons (Fsp3) is 0.250. The van der Waals surface area contributed by atoms with Gasteiger partial charge in [0, 0.05) is 24.7 Å². The molecule has 0 saturated heterocycles. The molecule has 0 atom stereocenters. The number of nitrogens with zero attached hydrogens (tertiary/aromatic N) is 1. The van der Waals surface area contributed by atoms with E-state index in [-0.39, 0.29) is 11.8 Å². The number of anilines is 1. The van der Waals surface area contributed by atoms with Crippen LogP contribution in [0.4, 0.5) is 18.9 Å². The van der Waals surface area contributed by atoms with E-state index in [9.17, 15) is 18.0 Å². The van der Waals surface area contributed by atoms with Crippen LogP contribution in [-0.2, 0) is 11.0 Å². The topological polar surface area (TPSA) is 63.2 Å². The molecule has 2 N–H and O–H groups in total. The zero-order valence-corrected chi connectivity index (χ0v) is 12.9. The fourth-order valence-corrected chi connectivity index (χ4v) is 1.82. The second-order valence-corrected chi connectivity index (χ2v) is 4.89. The molecule has 0 aliphatic carbocycles. The highest BCUT2D eigenvalue weighted by molar-refractivity contribution is 5.90. The van der Waals surface area contributed by atoms with E-state index in [1.165, 1.54) is 24.3 Å². The number of carbonyl (C=O) groups is 1. The van der Waals surface area contributed by atoms with Crippen LogP contribution in [0.25, 0.3) is 0 Å². The van der Waals surface area contributed by atoms with Crippen LogP contribution in [0.2, 0.25) is 0 Å². The molecule has 0 bridgehead atoms. The summed E-state index contributed by atoms with van der Waals surface area (Å²) in [7, 11) is 1.75. The van der Waals surface area contributed by atoms with Gasteiger partial charge in [-0.05, 0) is 37.4 Å². The molecule has 0 aliphatic rings. The van der Waals surface area contributed by atoms with Gasteiger partial charge in [0.15, 0.2) is 0 Å². The molecule has 2 rings (SSSR count). The highest BCUT2D eigenvalue weighted by atomic mass is 19.4. The number of hydrogen-bond acceptors (Lipinski definition) is 4. The van der Waals surface area contributed by atoms with Gasteiger partial charge in [-0.15, -0.1) is 0 Å². The van der Waals surface area contributed by atoms with Crippen molar-refractivity contribution < 1.29 is 22.7 Å². The average molecular weight is 339 g/mol. The zero-order chi connectivity index (χ0) is 17.6. The number of rotatable bonds is 6. The predicted octanol–water partition coefficient (Wildman–Crippen LogP) is 3.44. The Kier molecular flexibility index (Phi) is 5.75. The maximum absolute atomic E-state index is 12.6. The Hall–Kier alpha value is -2.61. The summed E-state index contributed by atoms with van der Waals surface area (Å²) in [5.41, 5.74) is -0.450. The van der Waals surface area contributed by atoms with Crippen molar-refractivity contribution in [1.82, 2.24) is 10.3 Å². The summed E-state index contributed by atoms with van der Waals surface area (Å²) in [6.07, 6.45) is -4.19. The Labute approximate surface area is 136 Å². The lowest BCUT2D eigenvalue weighted by atomic mass is 10.3. The molecule has 0 aliphatic heterocycles. The Morgan fingerprint density at radius 1 is 1.17 bits per heavy atom. The molecule has 0 fully saturated rings. The standard InChI is InChI=1S/C16H16F3N3O2/c1-20-10-9-14(23)21-11-5-7-12(8-6-11)24-15-4-2-3-13(22-15)16(17,18)19/h2-8,20H,9-10H2,1H3,(H,21,23). The Balaban J connectivity index is 2.00. The van der Waals surface area contributed by atoms with Crippen LogP contribution >= 0.6 is 0 Å². The lowest BCUT2D eigenvalue weighted by Gasteiger charge is -2.09. The molecule has 1 amide bonds. The van der Waals surface area contributed by atoms with Gasteiger partial charge in [0.1, 0.15) is 11.4 Å². The third-order valence-corrected chi connectivity index (χ3v) is 2.98. The molecule has 1 aromatic heterocycles. The summed E-state index contributed by atoms with van der Waals surface area (Å²) >= 11 is 0. The van der Waals surface area contributed by atoms with Gasteiger partial charge in [-0.25, -0.2) is 4.98 Å². The molecule has 0 radical (unpaired) electrons. The Morgan fingerprint density at radius 3 is 2.50 bits per heavy atom. The number of ether oxygens (including phenoxy) is 1. The molecule has 8 heteroatoms. The number of carbonyl (C=O) groups excluding carboxylic acids is 1. The minimum atomic E-state index is -4.53. The predicted molar refractivity (Wildman–Crippen MR) is 82.9 cm³/mol. The van der Waals surface area contributed by atoms with Gasteiger partial charge in [0.2, 0.25) is 11.8 Å². The van der Waals surface area contributed by atoms with E-state index >= 15 is 0 Å². The first-order valence-corrected chi connectivity index (χ1v) is 7.15. The summed E-state index contributed by atoms with van der Waals surface area (Å²) in [5, 5.41) is 5.57. The Morgan fingerprint density at radius 2 is 1.88 bits per heavy atom. The van der Waals surface area contributed by atoms with E-state index in [4.69, 9.17) is 4.74 Å². The van der Waals surface area contributed by atoms with Crippen molar-refractivity contribution in [2.24, 2.45) is 0 Å². The van der Waals surface area contributed by atoms with Crippen molar-refractivity contribution in [3.8, 4) is 11.6 Å². The first-order valence-electron chi connectivity index (χ1n) is 7.15. The molecule has 1 aromatic carbocycles. The second kappa shape index (κ2) is 7.78. The molecule has 128 valence electrons. The smallest absolute Gasteiger partial charge is 0.433 e. The summed E-state index contributed by atoms with van der Waals surface area (Å²) in [6, 6.07) is 9.70. The number of amides is 1. The lowest BCUT2D eigenvalue weighted by molar-refractivity contribution is -0.141. The summed E-state index contributed by atoms with van der Waals surface area (Å²) < 4.78 is 43.1. The van der Waals surface area contributed by atoms with Gasteiger partial charge in [-0.1, -0.05) is 6.07 Å². The number of pyridine rings is 1. The van der Waals surface area contributed by atoms with Crippen molar-refractivity contribution in [3.05, 3.63) is 48.2 Å². The van der Waals surface area contributed by atoms with Gasteiger partial charge in [-0.3, -0.25) is 4.79 Å². The molecule has 24 heavy (non-hydrogen) atoms. The molecular weight excluding hydrogens is 323 g/mol. The molecule has 2 aromatic rings.